The quantitative estimate of drug-likeness (QED) is 0.610. The Morgan fingerprint density at radius 3 is 2.47 bits per heavy atom. The average Bonchev–Trinajstić information content (AvgIpc) is 2.41. The van der Waals surface area contributed by atoms with Gasteiger partial charge in [0.05, 0.1) is 0 Å². The summed E-state index contributed by atoms with van der Waals surface area (Å²) in [5.74, 6) is 0.340. The van der Waals surface area contributed by atoms with Gasteiger partial charge in [0.25, 0.3) is 0 Å². The smallest absolute Gasteiger partial charge is 0.308 e. The van der Waals surface area contributed by atoms with Crippen LogP contribution in [-0.2, 0) is 11.2 Å². The van der Waals surface area contributed by atoms with Crippen LogP contribution in [0.15, 0.2) is 60.7 Å². The Bertz CT molecular complexity index is 571. The van der Waals surface area contributed by atoms with E-state index >= 15 is 0 Å². The molecule has 19 heavy (non-hydrogen) atoms. The van der Waals surface area contributed by atoms with Crippen molar-refractivity contribution in [1.29, 1.82) is 0 Å². The van der Waals surface area contributed by atoms with Gasteiger partial charge in [-0.05, 0) is 23.6 Å². The van der Waals surface area contributed by atoms with Crippen molar-refractivity contribution in [3.63, 3.8) is 0 Å². The predicted octanol–water partition coefficient (Wildman–Crippen LogP) is 3.87. The van der Waals surface area contributed by atoms with Crippen LogP contribution in [0, 0.1) is 0 Å². The van der Waals surface area contributed by atoms with Crippen LogP contribution >= 0.6 is 0 Å². The second-order valence-electron chi connectivity index (χ2n) is 4.22. The minimum Gasteiger partial charge on any atom is -0.426 e. The lowest BCUT2D eigenvalue weighted by Crippen LogP contribution is -2.03. The molecule has 0 spiro atoms. The number of rotatable bonds is 4. The Kier molecular flexibility index (Phi) is 4.51. The highest BCUT2D eigenvalue weighted by Gasteiger charge is 2.03. The van der Waals surface area contributed by atoms with E-state index in [1.165, 1.54) is 6.92 Å². The Labute approximate surface area is 113 Å². The lowest BCUT2D eigenvalue weighted by Gasteiger charge is -2.06. The zero-order valence-electron chi connectivity index (χ0n) is 10.9. The fraction of sp³-hybridized carbons (Fsp3) is 0.118. The maximum absolute atomic E-state index is 11.0. The van der Waals surface area contributed by atoms with Crippen LogP contribution in [0.1, 0.15) is 18.1 Å². The second kappa shape index (κ2) is 6.55. The van der Waals surface area contributed by atoms with E-state index < -0.39 is 0 Å². The Hall–Kier alpha value is -2.35. The largest absolute Gasteiger partial charge is 0.426 e. The van der Waals surface area contributed by atoms with Crippen LogP contribution in [0.4, 0.5) is 0 Å². The first-order valence-corrected chi connectivity index (χ1v) is 6.23. The molecular formula is C17H16O2. The van der Waals surface area contributed by atoms with Crippen LogP contribution in [0.25, 0.3) is 6.08 Å². The van der Waals surface area contributed by atoms with Gasteiger partial charge in [-0.1, -0.05) is 60.7 Å². The molecule has 2 nitrogen and oxygen atoms in total. The molecule has 0 bridgehead atoms. The van der Waals surface area contributed by atoms with Gasteiger partial charge in [-0.25, -0.2) is 0 Å². The SMILES string of the molecule is CC(=O)Oc1ccccc1C/C=C/c1ccccc1. The highest BCUT2D eigenvalue weighted by atomic mass is 16.5. The first kappa shape index (κ1) is 13.1. The van der Waals surface area contributed by atoms with E-state index in [0.29, 0.717) is 5.75 Å². The van der Waals surface area contributed by atoms with Crippen molar-refractivity contribution in [2.75, 3.05) is 0 Å². The maximum Gasteiger partial charge on any atom is 0.308 e. The molecule has 0 aliphatic carbocycles. The molecule has 2 aromatic carbocycles. The molecule has 0 aliphatic heterocycles. The summed E-state index contributed by atoms with van der Waals surface area (Å²) in [6.07, 6.45) is 4.86. The van der Waals surface area contributed by atoms with Crippen molar-refractivity contribution < 1.29 is 9.53 Å². The number of ether oxygens (including phenoxy) is 1. The van der Waals surface area contributed by atoms with Gasteiger partial charge < -0.3 is 4.74 Å². The lowest BCUT2D eigenvalue weighted by molar-refractivity contribution is -0.131. The molecule has 0 aromatic heterocycles. The fourth-order valence-corrected chi connectivity index (χ4v) is 1.81. The molecule has 0 atom stereocenters. The first-order valence-electron chi connectivity index (χ1n) is 6.23. The Balaban J connectivity index is 2.07. The third kappa shape index (κ3) is 4.11. The van der Waals surface area contributed by atoms with E-state index in [0.717, 1.165) is 17.5 Å². The monoisotopic (exact) mass is 252 g/mol. The molecule has 0 N–H and O–H groups in total. The zero-order chi connectivity index (χ0) is 13.5. The minimum atomic E-state index is -0.292. The number of hydrogen-bond donors (Lipinski definition) is 0. The number of allylic oxidation sites excluding steroid dienone is 1. The van der Waals surface area contributed by atoms with Crippen LogP contribution in [-0.4, -0.2) is 5.97 Å². The van der Waals surface area contributed by atoms with E-state index in [2.05, 4.69) is 24.3 Å². The van der Waals surface area contributed by atoms with Gasteiger partial charge in [-0.3, -0.25) is 4.79 Å². The van der Waals surface area contributed by atoms with Crippen LogP contribution in [0.3, 0.4) is 0 Å². The topological polar surface area (TPSA) is 26.3 Å². The summed E-state index contributed by atoms with van der Waals surface area (Å²) in [4.78, 5) is 11.0. The van der Waals surface area contributed by atoms with Gasteiger partial charge in [0.2, 0.25) is 0 Å². The molecule has 0 saturated carbocycles. The lowest BCUT2D eigenvalue weighted by atomic mass is 10.1. The number of carbonyl (C=O) groups excluding carboxylic acids is 1. The number of hydrogen-bond acceptors (Lipinski definition) is 2. The predicted molar refractivity (Wildman–Crippen MR) is 76.9 cm³/mol. The molecule has 0 heterocycles. The molecule has 0 saturated heterocycles. The summed E-state index contributed by atoms with van der Waals surface area (Å²) in [7, 11) is 0. The maximum atomic E-state index is 11.0. The van der Waals surface area contributed by atoms with E-state index in [9.17, 15) is 4.79 Å². The van der Waals surface area contributed by atoms with Crippen LogP contribution in [0.5, 0.6) is 5.75 Å². The second-order valence-corrected chi connectivity index (χ2v) is 4.22. The van der Waals surface area contributed by atoms with Crippen LogP contribution in [0.2, 0.25) is 0 Å². The number of esters is 1. The summed E-state index contributed by atoms with van der Waals surface area (Å²) in [5, 5.41) is 0. The molecule has 2 aromatic rings. The molecule has 0 fully saturated rings. The standard InChI is InChI=1S/C17H16O2/c1-14(18)19-17-13-6-5-11-16(17)12-7-10-15-8-3-2-4-9-15/h2-11,13H,12H2,1H3/b10-7+. The summed E-state index contributed by atoms with van der Waals surface area (Å²) < 4.78 is 5.18. The summed E-state index contributed by atoms with van der Waals surface area (Å²) in [5.41, 5.74) is 2.16. The Morgan fingerprint density at radius 1 is 1.05 bits per heavy atom. The molecule has 0 radical (unpaired) electrons. The Morgan fingerprint density at radius 2 is 1.74 bits per heavy atom. The highest BCUT2D eigenvalue weighted by Crippen LogP contribution is 2.19. The molecule has 2 heteroatoms. The van der Waals surface area contributed by atoms with E-state index in [-0.39, 0.29) is 5.97 Å². The fourth-order valence-electron chi connectivity index (χ4n) is 1.81. The van der Waals surface area contributed by atoms with Crippen molar-refractivity contribution in [2.24, 2.45) is 0 Å². The molecule has 2 rings (SSSR count). The van der Waals surface area contributed by atoms with Crippen molar-refractivity contribution in [1.82, 2.24) is 0 Å². The summed E-state index contributed by atoms with van der Waals surface area (Å²) in [6, 6.07) is 17.7. The van der Waals surface area contributed by atoms with Gasteiger partial charge in [-0.15, -0.1) is 0 Å². The van der Waals surface area contributed by atoms with Crippen molar-refractivity contribution in [3.8, 4) is 5.75 Å². The first-order chi connectivity index (χ1) is 9.25. The molecule has 0 unspecified atom stereocenters. The molecule has 0 aliphatic rings. The molecule has 0 amide bonds. The van der Waals surface area contributed by atoms with E-state index in [1.807, 2.05) is 42.5 Å². The molecule has 96 valence electrons. The average molecular weight is 252 g/mol. The van der Waals surface area contributed by atoms with E-state index in [4.69, 9.17) is 4.74 Å². The minimum absolute atomic E-state index is 0.292. The number of benzene rings is 2. The van der Waals surface area contributed by atoms with Crippen molar-refractivity contribution >= 4 is 12.0 Å². The summed E-state index contributed by atoms with van der Waals surface area (Å²) in [6.45, 7) is 1.41. The zero-order valence-corrected chi connectivity index (χ0v) is 10.9. The number of carbonyl (C=O) groups is 1. The molecular weight excluding hydrogens is 236 g/mol. The van der Waals surface area contributed by atoms with Gasteiger partial charge in [0.15, 0.2) is 0 Å². The highest BCUT2D eigenvalue weighted by molar-refractivity contribution is 5.69. The summed E-state index contributed by atoms with van der Waals surface area (Å²) >= 11 is 0. The normalized spacial score (nSPS) is 10.6. The van der Waals surface area contributed by atoms with Crippen molar-refractivity contribution in [3.05, 3.63) is 71.8 Å². The van der Waals surface area contributed by atoms with Crippen molar-refractivity contribution in [2.45, 2.75) is 13.3 Å². The van der Waals surface area contributed by atoms with Gasteiger partial charge >= 0.3 is 5.97 Å². The third-order valence-corrected chi connectivity index (χ3v) is 2.67. The van der Waals surface area contributed by atoms with Gasteiger partial charge in [0.1, 0.15) is 5.75 Å². The van der Waals surface area contributed by atoms with Gasteiger partial charge in [-0.2, -0.15) is 0 Å². The third-order valence-electron chi connectivity index (χ3n) is 2.67. The van der Waals surface area contributed by atoms with Gasteiger partial charge in [0, 0.05) is 6.92 Å². The number of para-hydroxylation sites is 1. The van der Waals surface area contributed by atoms with Crippen LogP contribution < -0.4 is 4.74 Å². The van der Waals surface area contributed by atoms with E-state index in [1.54, 1.807) is 0 Å².